The smallest absolute Gasteiger partial charge is 0.262 e. The molecule has 0 saturated carbocycles. The molecule has 2 fully saturated rings. The molecule has 1 aromatic heterocycles. The predicted octanol–water partition coefficient (Wildman–Crippen LogP) is 2.84. The van der Waals surface area contributed by atoms with Crippen molar-refractivity contribution in [3.8, 4) is 0 Å². The molecular weight excluding hydrogens is 426 g/mol. The van der Waals surface area contributed by atoms with Gasteiger partial charge in [-0.05, 0) is 79.9 Å². The fourth-order valence-corrected chi connectivity index (χ4v) is 5.76. The van der Waals surface area contributed by atoms with Crippen LogP contribution in [0.5, 0.6) is 0 Å². The number of hydrogen-bond donors (Lipinski definition) is 1. The van der Waals surface area contributed by atoms with Gasteiger partial charge in [-0.1, -0.05) is 6.07 Å². The molecule has 4 heterocycles. The summed E-state index contributed by atoms with van der Waals surface area (Å²) < 4.78 is 0. The highest BCUT2D eigenvalue weighted by molar-refractivity contribution is 7.10. The van der Waals surface area contributed by atoms with E-state index in [1.165, 1.54) is 10.4 Å². The number of nitrogens with zero attached hydrogens (tertiary/aromatic N) is 2. The summed E-state index contributed by atoms with van der Waals surface area (Å²) in [5.74, 6) is -1.26. The second-order valence-corrected chi connectivity index (χ2v) is 9.98. The molecule has 0 spiro atoms. The molecule has 2 saturated heterocycles. The Balaban J connectivity index is 1.26. The summed E-state index contributed by atoms with van der Waals surface area (Å²) in [6.07, 6.45) is 2.52. The zero-order valence-electron chi connectivity index (χ0n) is 17.9. The Kier molecular flexibility index (Phi) is 5.43. The van der Waals surface area contributed by atoms with Crippen LogP contribution in [0.4, 0.5) is 0 Å². The van der Waals surface area contributed by atoms with E-state index < -0.39 is 23.8 Å². The maximum Gasteiger partial charge on any atom is 0.262 e. The second kappa shape index (κ2) is 8.26. The average Bonchev–Trinajstić information content (AvgIpc) is 3.31. The zero-order chi connectivity index (χ0) is 22.4. The summed E-state index contributed by atoms with van der Waals surface area (Å²) >= 11 is 1.81. The number of carbonyl (C=O) groups is 4. The molecule has 2 aromatic rings. The third-order valence-corrected chi connectivity index (χ3v) is 7.60. The Morgan fingerprint density at radius 2 is 1.75 bits per heavy atom. The third kappa shape index (κ3) is 3.78. The lowest BCUT2D eigenvalue weighted by Gasteiger charge is -2.31. The summed E-state index contributed by atoms with van der Waals surface area (Å²) in [6, 6.07) is 6.74. The number of nitrogens with one attached hydrogen (secondary N) is 1. The summed E-state index contributed by atoms with van der Waals surface area (Å²) in [7, 11) is 0. The van der Waals surface area contributed by atoms with Crippen LogP contribution in [-0.4, -0.2) is 52.6 Å². The van der Waals surface area contributed by atoms with Crippen molar-refractivity contribution in [3.63, 3.8) is 0 Å². The molecule has 0 aliphatic carbocycles. The Bertz CT molecular complexity index is 1120. The molecule has 0 radical (unpaired) electrons. The van der Waals surface area contributed by atoms with Crippen molar-refractivity contribution in [1.29, 1.82) is 0 Å². The fraction of sp³-hybridized carbons (Fsp3) is 0.417. The van der Waals surface area contributed by atoms with Crippen molar-refractivity contribution in [1.82, 2.24) is 15.1 Å². The number of hydrogen-bond acceptors (Lipinski definition) is 6. The van der Waals surface area contributed by atoms with Crippen molar-refractivity contribution in [2.45, 2.75) is 51.1 Å². The standard InChI is InChI=1S/C24H25N3O4S/c1-14-10-17(13-32-14)16-6-8-26(9-7-16)12-15-2-3-18-19(11-15)24(31)27(23(18)30)20-4-5-21(28)25-22(20)29/h2-3,10-11,13,16,20H,4-9,12H2,1H3,(H,25,28,29). The number of amides is 4. The van der Waals surface area contributed by atoms with Gasteiger partial charge in [0.2, 0.25) is 11.8 Å². The Morgan fingerprint density at radius 3 is 2.44 bits per heavy atom. The minimum Gasteiger partial charge on any atom is -0.299 e. The van der Waals surface area contributed by atoms with Gasteiger partial charge in [-0.25, -0.2) is 0 Å². The molecule has 3 aliphatic rings. The molecular formula is C24H25N3O4S. The molecule has 0 bridgehead atoms. The first kappa shape index (κ1) is 21.0. The Morgan fingerprint density at radius 1 is 1.00 bits per heavy atom. The lowest BCUT2D eigenvalue weighted by atomic mass is 9.91. The number of thiophene rings is 1. The van der Waals surface area contributed by atoms with Gasteiger partial charge in [0.1, 0.15) is 6.04 Å². The molecule has 4 amide bonds. The molecule has 5 rings (SSSR count). The molecule has 166 valence electrons. The Hall–Kier alpha value is -2.84. The van der Waals surface area contributed by atoms with Gasteiger partial charge in [-0.15, -0.1) is 11.3 Å². The van der Waals surface area contributed by atoms with Crippen LogP contribution in [0.2, 0.25) is 0 Å². The normalized spacial score (nSPS) is 22.4. The zero-order valence-corrected chi connectivity index (χ0v) is 18.7. The summed E-state index contributed by atoms with van der Waals surface area (Å²) in [5.41, 5.74) is 3.11. The summed E-state index contributed by atoms with van der Waals surface area (Å²) in [5, 5.41) is 4.50. The maximum absolute atomic E-state index is 13.0. The Labute approximate surface area is 190 Å². The van der Waals surface area contributed by atoms with Crippen LogP contribution in [0, 0.1) is 6.92 Å². The topological polar surface area (TPSA) is 86.8 Å². The number of benzene rings is 1. The first-order valence-electron chi connectivity index (χ1n) is 11.0. The second-order valence-electron chi connectivity index (χ2n) is 8.87. The van der Waals surface area contributed by atoms with Crippen LogP contribution in [0.25, 0.3) is 0 Å². The number of piperidine rings is 2. The van der Waals surface area contributed by atoms with E-state index in [4.69, 9.17) is 0 Å². The monoisotopic (exact) mass is 451 g/mol. The molecule has 1 atom stereocenters. The number of rotatable bonds is 4. The highest BCUT2D eigenvalue weighted by atomic mass is 32.1. The van der Waals surface area contributed by atoms with E-state index in [1.807, 2.05) is 6.07 Å². The molecule has 32 heavy (non-hydrogen) atoms. The van der Waals surface area contributed by atoms with E-state index in [0.29, 0.717) is 17.0 Å². The fourth-order valence-electron chi connectivity index (χ4n) is 4.98. The molecule has 7 nitrogen and oxygen atoms in total. The molecule has 8 heteroatoms. The van der Waals surface area contributed by atoms with Crippen LogP contribution >= 0.6 is 11.3 Å². The van der Waals surface area contributed by atoms with Gasteiger partial charge in [0, 0.05) is 17.8 Å². The largest absolute Gasteiger partial charge is 0.299 e. The van der Waals surface area contributed by atoms with E-state index in [9.17, 15) is 19.2 Å². The lowest BCUT2D eigenvalue weighted by Crippen LogP contribution is -2.54. The van der Waals surface area contributed by atoms with Gasteiger partial charge < -0.3 is 0 Å². The first-order chi connectivity index (χ1) is 15.4. The first-order valence-corrected chi connectivity index (χ1v) is 11.9. The van der Waals surface area contributed by atoms with Crippen LogP contribution in [0.1, 0.15) is 68.3 Å². The SMILES string of the molecule is Cc1cc(C2CCN(Cc3ccc4c(c3)C(=O)N(C3CCC(=O)NC3=O)C4=O)CC2)cs1. The minimum absolute atomic E-state index is 0.121. The van der Waals surface area contributed by atoms with E-state index in [2.05, 4.69) is 28.6 Å². The molecule has 1 unspecified atom stereocenters. The van der Waals surface area contributed by atoms with Gasteiger partial charge >= 0.3 is 0 Å². The third-order valence-electron chi connectivity index (χ3n) is 6.72. The molecule has 1 aromatic carbocycles. The number of likely N-dealkylation sites (tertiary alicyclic amines) is 1. The highest BCUT2D eigenvalue weighted by Gasteiger charge is 2.44. The maximum atomic E-state index is 13.0. The minimum atomic E-state index is -0.927. The van der Waals surface area contributed by atoms with Crippen LogP contribution < -0.4 is 5.32 Å². The summed E-state index contributed by atoms with van der Waals surface area (Å²) in [6.45, 7) is 4.85. The van der Waals surface area contributed by atoms with Gasteiger partial charge in [0.15, 0.2) is 0 Å². The van der Waals surface area contributed by atoms with E-state index in [0.717, 1.165) is 42.9 Å². The van der Waals surface area contributed by atoms with Crippen molar-refractivity contribution < 1.29 is 19.2 Å². The average molecular weight is 452 g/mol. The van der Waals surface area contributed by atoms with Gasteiger partial charge in [-0.2, -0.15) is 0 Å². The van der Waals surface area contributed by atoms with Gasteiger partial charge in [0.25, 0.3) is 11.8 Å². The van der Waals surface area contributed by atoms with Crippen molar-refractivity contribution in [3.05, 3.63) is 56.8 Å². The van der Waals surface area contributed by atoms with Crippen LogP contribution in [0.15, 0.2) is 29.6 Å². The van der Waals surface area contributed by atoms with E-state index >= 15 is 0 Å². The lowest BCUT2D eigenvalue weighted by molar-refractivity contribution is -0.136. The van der Waals surface area contributed by atoms with E-state index in [1.54, 1.807) is 23.5 Å². The highest BCUT2D eigenvalue weighted by Crippen LogP contribution is 2.32. The van der Waals surface area contributed by atoms with Crippen molar-refractivity contribution in [2.24, 2.45) is 0 Å². The number of imide groups is 2. The number of fused-ring (bicyclic) bond motifs is 1. The molecule has 3 aliphatic heterocycles. The van der Waals surface area contributed by atoms with Crippen molar-refractivity contribution >= 4 is 35.0 Å². The van der Waals surface area contributed by atoms with Crippen LogP contribution in [0.3, 0.4) is 0 Å². The van der Waals surface area contributed by atoms with Crippen LogP contribution in [-0.2, 0) is 16.1 Å². The quantitative estimate of drug-likeness (QED) is 0.723. The summed E-state index contributed by atoms with van der Waals surface area (Å²) in [4.78, 5) is 54.2. The predicted molar refractivity (Wildman–Crippen MR) is 119 cm³/mol. The van der Waals surface area contributed by atoms with Gasteiger partial charge in [0.05, 0.1) is 11.1 Å². The number of aryl methyl sites for hydroxylation is 1. The van der Waals surface area contributed by atoms with Crippen molar-refractivity contribution in [2.75, 3.05) is 13.1 Å². The molecule has 1 N–H and O–H groups in total. The van der Waals surface area contributed by atoms with E-state index in [-0.39, 0.29) is 18.7 Å². The number of carbonyl (C=O) groups excluding carboxylic acids is 4. The van der Waals surface area contributed by atoms with Gasteiger partial charge in [-0.3, -0.25) is 34.3 Å².